The molecule has 2 N–H and O–H groups in total. The Balaban J connectivity index is 1.91. The van der Waals surface area contributed by atoms with Gasteiger partial charge < -0.3 is 10.6 Å². The lowest BCUT2D eigenvalue weighted by Gasteiger charge is -2.40. The van der Waals surface area contributed by atoms with E-state index >= 15 is 0 Å². The van der Waals surface area contributed by atoms with Gasteiger partial charge >= 0.3 is 0 Å². The van der Waals surface area contributed by atoms with Gasteiger partial charge in [-0.25, -0.2) is 12.7 Å². The lowest BCUT2D eigenvalue weighted by atomic mass is 9.83. The Hall–Kier alpha value is -0.170. The van der Waals surface area contributed by atoms with Crippen molar-refractivity contribution < 1.29 is 8.42 Å². The molecule has 5 nitrogen and oxygen atoms in total. The van der Waals surface area contributed by atoms with Crippen molar-refractivity contribution in [3.63, 3.8) is 0 Å². The molecule has 1 heterocycles. The molecule has 21 heavy (non-hydrogen) atoms. The predicted molar refractivity (Wildman–Crippen MR) is 86.6 cm³/mol. The molecule has 0 aromatic rings. The van der Waals surface area contributed by atoms with Crippen LogP contribution in [0.5, 0.6) is 0 Å². The van der Waals surface area contributed by atoms with Crippen molar-refractivity contribution in [1.29, 1.82) is 0 Å². The first kappa shape index (κ1) is 17.2. The number of hydrogen-bond acceptors (Lipinski definition) is 4. The second-order valence-corrected chi connectivity index (χ2v) is 8.90. The van der Waals surface area contributed by atoms with Gasteiger partial charge in [0.2, 0.25) is 10.0 Å². The monoisotopic (exact) mass is 317 g/mol. The fourth-order valence-corrected chi connectivity index (χ4v) is 5.01. The lowest BCUT2D eigenvalue weighted by Crippen LogP contribution is -2.48. The average Bonchev–Trinajstić information content (AvgIpc) is 2.46. The quantitative estimate of drug-likeness (QED) is 0.825. The summed E-state index contributed by atoms with van der Waals surface area (Å²) in [6.07, 6.45) is 8.52. The number of hydrogen-bond donors (Lipinski definition) is 1. The molecular formula is C15H31N3O2S. The number of piperidine rings is 1. The molecule has 2 aliphatic rings. The second-order valence-electron chi connectivity index (χ2n) is 6.92. The Kier molecular flexibility index (Phi) is 6.05. The molecule has 1 aliphatic heterocycles. The van der Waals surface area contributed by atoms with E-state index in [-0.39, 0.29) is 0 Å². The molecule has 6 heteroatoms. The van der Waals surface area contributed by atoms with E-state index < -0.39 is 10.0 Å². The second kappa shape index (κ2) is 7.40. The Labute approximate surface area is 129 Å². The van der Waals surface area contributed by atoms with E-state index in [1.807, 2.05) is 0 Å². The first-order valence-electron chi connectivity index (χ1n) is 8.27. The molecule has 124 valence electrons. The topological polar surface area (TPSA) is 66.6 Å². The van der Waals surface area contributed by atoms with Gasteiger partial charge in [-0.2, -0.15) is 0 Å². The molecule has 0 amide bonds. The summed E-state index contributed by atoms with van der Waals surface area (Å²) in [6, 6.07) is 0.581. The predicted octanol–water partition coefficient (Wildman–Crippen LogP) is 1.11. The third-order valence-corrected chi connectivity index (χ3v) is 6.50. The highest BCUT2D eigenvalue weighted by atomic mass is 32.2. The third kappa shape index (κ3) is 4.65. The summed E-state index contributed by atoms with van der Waals surface area (Å²) in [6.45, 7) is 3.14. The summed E-state index contributed by atoms with van der Waals surface area (Å²) >= 11 is 0. The van der Waals surface area contributed by atoms with Gasteiger partial charge in [0.15, 0.2) is 0 Å². The maximum absolute atomic E-state index is 11.7. The minimum absolute atomic E-state index is 0.457. The lowest BCUT2D eigenvalue weighted by molar-refractivity contribution is 0.102. The molecular weight excluding hydrogens is 286 g/mol. The van der Waals surface area contributed by atoms with E-state index in [0.29, 0.717) is 31.0 Å². The van der Waals surface area contributed by atoms with E-state index in [9.17, 15) is 8.42 Å². The molecule has 0 bridgehead atoms. The van der Waals surface area contributed by atoms with Crippen molar-refractivity contribution in [3.8, 4) is 0 Å². The van der Waals surface area contributed by atoms with Gasteiger partial charge in [0.25, 0.3) is 0 Å². The van der Waals surface area contributed by atoms with E-state index in [4.69, 9.17) is 5.73 Å². The Morgan fingerprint density at radius 2 is 1.90 bits per heavy atom. The van der Waals surface area contributed by atoms with Gasteiger partial charge in [-0.3, -0.25) is 0 Å². The summed E-state index contributed by atoms with van der Waals surface area (Å²) < 4.78 is 25.1. The number of nitrogens with two attached hydrogens (primary N) is 1. The molecule has 3 unspecified atom stereocenters. The summed E-state index contributed by atoms with van der Waals surface area (Å²) in [4.78, 5) is 2.45. The van der Waals surface area contributed by atoms with Gasteiger partial charge in [0.1, 0.15) is 0 Å². The largest absolute Gasteiger partial charge is 0.330 e. The third-order valence-electron chi connectivity index (χ3n) is 5.23. The van der Waals surface area contributed by atoms with E-state index in [1.54, 1.807) is 4.31 Å². The van der Waals surface area contributed by atoms with Crippen LogP contribution in [-0.4, -0.2) is 63.1 Å². The van der Waals surface area contributed by atoms with Gasteiger partial charge in [0, 0.05) is 25.7 Å². The molecule has 1 aliphatic carbocycles. The average molecular weight is 317 g/mol. The van der Waals surface area contributed by atoms with Gasteiger partial charge in [-0.05, 0) is 51.1 Å². The van der Waals surface area contributed by atoms with Crippen LogP contribution in [0.1, 0.15) is 38.5 Å². The summed E-state index contributed by atoms with van der Waals surface area (Å²) in [5.41, 5.74) is 5.93. The standard InChI is InChI=1S/C15H31N3O2S/c1-17(15-8-4-3-7-14(15)10-16)11-13-6-5-9-18(12-13)21(2,19)20/h13-15H,3-12,16H2,1-2H3. The molecule has 3 atom stereocenters. The van der Waals surface area contributed by atoms with Crippen molar-refractivity contribution in [1.82, 2.24) is 9.21 Å². The van der Waals surface area contributed by atoms with E-state index in [0.717, 1.165) is 25.9 Å². The van der Waals surface area contributed by atoms with E-state index in [1.165, 1.54) is 31.9 Å². The van der Waals surface area contributed by atoms with Crippen LogP contribution in [0.25, 0.3) is 0 Å². The zero-order chi connectivity index (χ0) is 15.5. The fourth-order valence-electron chi connectivity index (χ4n) is 4.06. The van der Waals surface area contributed by atoms with Crippen molar-refractivity contribution in [2.45, 2.75) is 44.6 Å². The van der Waals surface area contributed by atoms with Crippen LogP contribution in [0.4, 0.5) is 0 Å². The first-order valence-corrected chi connectivity index (χ1v) is 10.1. The van der Waals surface area contributed by atoms with Crippen molar-refractivity contribution in [2.24, 2.45) is 17.6 Å². The highest BCUT2D eigenvalue weighted by Gasteiger charge is 2.31. The molecule has 2 fully saturated rings. The van der Waals surface area contributed by atoms with Gasteiger partial charge in [-0.1, -0.05) is 12.8 Å². The molecule has 0 aromatic heterocycles. The number of sulfonamides is 1. The number of rotatable bonds is 5. The van der Waals surface area contributed by atoms with Crippen LogP contribution in [0.3, 0.4) is 0 Å². The summed E-state index contributed by atoms with van der Waals surface area (Å²) in [5.74, 6) is 1.07. The van der Waals surface area contributed by atoms with Crippen LogP contribution in [0, 0.1) is 11.8 Å². The molecule has 1 saturated heterocycles. The SMILES string of the molecule is CN(CC1CCCN(S(C)(=O)=O)C1)C1CCCCC1CN. The smallest absolute Gasteiger partial charge is 0.211 e. The molecule has 0 radical (unpaired) electrons. The first-order chi connectivity index (χ1) is 9.91. The van der Waals surface area contributed by atoms with Crippen LogP contribution < -0.4 is 5.73 Å². The normalized spacial score (nSPS) is 32.5. The van der Waals surface area contributed by atoms with Crippen LogP contribution in [0.15, 0.2) is 0 Å². The zero-order valence-corrected chi connectivity index (χ0v) is 14.3. The Bertz CT molecular complexity index is 427. The molecule has 1 saturated carbocycles. The minimum Gasteiger partial charge on any atom is -0.330 e. The van der Waals surface area contributed by atoms with E-state index in [2.05, 4.69) is 11.9 Å². The van der Waals surface area contributed by atoms with Crippen LogP contribution in [-0.2, 0) is 10.0 Å². The van der Waals surface area contributed by atoms with Crippen molar-refractivity contribution >= 4 is 10.0 Å². The van der Waals surface area contributed by atoms with Crippen molar-refractivity contribution in [2.75, 3.05) is 39.5 Å². The summed E-state index contributed by atoms with van der Waals surface area (Å²) in [5, 5.41) is 0. The minimum atomic E-state index is -3.04. The van der Waals surface area contributed by atoms with Crippen molar-refractivity contribution in [3.05, 3.63) is 0 Å². The van der Waals surface area contributed by atoms with Crippen LogP contribution >= 0.6 is 0 Å². The van der Waals surface area contributed by atoms with Gasteiger partial charge in [0.05, 0.1) is 6.26 Å². The Morgan fingerprint density at radius 3 is 2.57 bits per heavy atom. The maximum atomic E-state index is 11.7. The molecule has 0 spiro atoms. The van der Waals surface area contributed by atoms with Crippen LogP contribution in [0.2, 0.25) is 0 Å². The zero-order valence-electron chi connectivity index (χ0n) is 13.5. The summed E-state index contributed by atoms with van der Waals surface area (Å²) in [7, 11) is -0.848. The number of nitrogens with zero attached hydrogens (tertiary/aromatic N) is 2. The molecule has 2 rings (SSSR count). The van der Waals surface area contributed by atoms with Gasteiger partial charge in [-0.15, -0.1) is 0 Å². The maximum Gasteiger partial charge on any atom is 0.211 e. The molecule has 0 aromatic carbocycles. The highest BCUT2D eigenvalue weighted by molar-refractivity contribution is 7.88. The Morgan fingerprint density at radius 1 is 1.19 bits per heavy atom. The highest BCUT2D eigenvalue weighted by Crippen LogP contribution is 2.29. The fraction of sp³-hybridized carbons (Fsp3) is 1.00.